The number of allylic oxidation sites excluding steroid dienone is 6. The second kappa shape index (κ2) is 12.3. The minimum Gasteiger partial charge on any atom is -0.462 e. The number of ether oxygens (including phenoxy) is 2. The van der Waals surface area contributed by atoms with Gasteiger partial charge in [-0.05, 0) is 163 Å². The number of carbonyl (C=O) groups excluding carboxylic acids is 2. The summed E-state index contributed by atoms with van der Waals surface area (Å²) in [6.45, 7) is 13.5. The molecule has 5 heteroatoms. The van der Waals surface area contributed by atoms with Crippen molar-refractivity contribution in [2.45, 2.75) is 144 Å². The maximum atomic E-state index is 11.8. The van der Waals surface area contributed by atoms with Crippen LogP contribution in [-0.4, -0.2) is 29.1 Å². The Hall–Kier alpha value is -2.95. The summed E-state index contributed by atoms with van der Waals surface area (Å²) in [6.07, 6.45) is 28.0. The predicted octanol–water partition coefficient (Wildman–Crippen LogP) is 10.8. The standard InChI is InChI=1S/C47H61NO4/c1-28(49)51-33-15-19-44(3)31(24-33)9-11-35-38-13-14-39(46(38,5)21-17-40(35)44)37-26-42-36-12-10-32-25-34(52-29(2)50)16-20-45(32,4)41(36)18-22-47(42,6)43(37)30-8-7-23-48-27-30/h7-10,14,23,27,33-36,38,40-42H,11-13,15-22,24-26H2,1-6H3. The smallest absolute Gasteiger partial charge is 0.302 e. The van der Waals surface area contributed by atoms with Crippen LogP contribution >= 0.6 is 0 Å². The van der Waals surface area contributed by atoms with Crippen LogP contribution in [0, 0.1) is 57.2 Å². The first kappa shape index (κ1) is 34.8. The maximum absolute atomic E-state index is 11.8. The Kier molecular flexibility index (Phi) is 8.22. The zero-order valence-electron chi connectivity index (χ0n) is 32.6. The van der Waals surface area contributed by atoms with E-state index in [-0.39, 0.29) is 45.8 Å². The normalized spacial score (nSPS) is 44.8. The first-order valence-electron chi connectivity index (χ1n) is 20.9. The highest BCUT2D eigenvalue weighted by atomic mass is 16.5. The van der Waals surface area contributed by atoms with E-state index in [9.17, 15) is 9.59 Å². The van der Waals surface area contributed by atoms with E-state index in [1.165, 1.54) is 50.5 Å². The Balaban J connectivity index is 1.03. The summed E-state index contributed by atoms with van der Waals surface area (Å²) >= 11 is 0. The number of esters is 2. The van der Waals surface area contributed by atoms with Crippen LogP contribution in [0.5, 0.6) is 0 Å². The third-order valence-electron chi connectivity index (χ3n) is 17.3. The highest BCUT2D eigenvalue weighted by molar-refractivity contribution is 5.80. The van der Waals surface area contributed by atoms with Crippen molar-refractivity contribution in [1.82, 2.24) is 4.98 Å². The molecule has 1 aromatic rings. The number of fused-ring (bicyclic) bond motifs is 10. The van der Waals surface area contributed by atoms with Crippen molar-refractivity contribution in [2.24, 2.45) is 57.2 Å². The first-order chi connectivity index (χ1) is 24.8. The monoisotopic (exact) mass is 703 g/mol. The third kappa shape index (κ3) is 5.09. The molecule has 8 aliphatic rings. The Morgan fingerprint density at radius 2 is 1.21 bits per heavy atom. The average Bonchev–Trinajstić information content (AvgIpc) is 3.62. The topological polar surface area (TPSA) is 65.5 Å². The molecule has 0 aromatic carbocycles. The van der Waals surface area contributed by atoms with Gasteiger partial charge in [0.1, 0.15) is 12.2 Å². The second-order valence-electron chi connectivity index (χ2n) is 19.5. The predicted molar refractivity (Wildman–Crippen MR) is 205 cm³/mol. The molecule has 5 nitrogen and oxygen atoms in total. The molecule has 0 N–H and O–H groups in total. The van der Waals surface area contributed by atoms with Crippen LogP contribution in [-0.2, 0) is 19.1 Å². The van der Waals surface area contributed by atoms with Gasteiger partial charge < -0.3 is 9.47 Å². The van der Waals surface area contributed by atoms with Crippen molar-refractivity contribution in [3.8, 4) is 0 Å². The number of pyridine rings is 1. The molecule has 0 amide bonds. The van der Waals surface area contributed by atoms with E-state index in [0.717, 1.165) is 44.9 Å². The highest BCUT2D eigenvalue weighted by Gasteiger charge is 2.62. The van der Waals surface area contributed by atoms with Crippen molar-refractivity contribution in [1.29, 1.82) is 0 Å². The number of hydrogen-bond acceptors (Lipinski definition) is 5. The molecule has 0 radical (unpaired) electrons. The van der Waals surface area contributed by atoms with Gasteiger partial charge in [0.05, 0.1) is 0 Å². The molecule has 52 heavy (non-hydrogen) atoms. The molecule has 4 fully saturated rings. The van der Waals surface area contributed by atoms with Gasteiger partial charge in [-0.1, -0.05) is 63.1 Å². The van der Waals surface area contributed by atoms with Crippen LogP contribution in [0.3, 0.4) is 0 Å². The molecule has 9 rings (SSSR count). The molecule has 1 aromatic heterocycles. The van der Waals surface area contributed by atoms with Gasteiger partial charge >= 0.3 is 11.9 Å². The lowest BCUT2D eigenvalue weighted by Crippen LogP contribution is -2.50. The van der Waals surface area contributed by atoms with Crippen molar-refractivity contribution in [2.75, 3.05) is 0 Å². The summed E-state index contributed by atoms with van der Waals surface area (Å²) < 4.78 is 11.5. The molecule has 12 unspecified atom stereocenters. The molecule has 0 bridgehead atoms. The highest BCUT2D eigenvalue weighted by Crippen LogP contribution is 2.72. The molecule has 1 heterocycles. The largest absolute Gasteiger partial charge is 0.462 e. The SMILES string of the molecule is CC(=O)OC1CCC2(C)C(=CCC3C2CCC2(C)C(C4=C(c5cccnc5)C5(C)CCC6C(CC=C7CC(OC(C)=O)CCC76C)C5C4)=CCC32)C1. The number of hydrogen-bond donors (Lipinski definition) is 0. The average molecular weight is 704 g/mol. The quantitative estimate of drug-likeness (QED) is 0.231. The van der Waals surface area contributed by atoms with Gasteiger partial charge in [-0.2, -0.15) is 0 Å². The zero-order chi connectivity index (χ0) is 36.2. The van der Waals surface area contributed by atoms with Crippen LogP contribution in [0.15, 0.2) is 65.0 Å². The van der Waals surface area contributed by atoms with E-state index >= 15 is 0 Å². The van der Waals surface area contributed by atoms with Crippen molar-refractivity contribution >= 4 is 17.5 Å². The second-order valence-corrected chi connectivity index (χ2v) is 19.5. The molecular weight excluding hydrogens is 643 g/mol. The summed E-state index contributed by atoms with van der Waals surface area (Å²) in [7, 11) is 0. The van der Waals surface area contributed by atoms with E-state index in [0.29, 0.717) is 35.5 Å². The molecule has 0 saturated heterocycles. The van der Waals surface area contributed by atoms with Crippen LogP contribution in [0.1, 0.15) is 137 Å². The fraction of sp³-hybridized carbons (Fsp3) is 0.681. The van der Waals surface area contributed by atoms with E-state index < -0.39 is 0 Å². The Labute approximate surface area is 312 Å². The van der Waals surface area contributed by atoms with E-state index in [2.05, 4.69) is 64.3 Å². The van der Waals surface area contributed by atoms with Gasteiger partial charge in [-0.3, -0.25) is 14.6 Å². The van der Waals surface area contributed by atoms with Gasteiger partial charge in [0.25, 0.3) is 0 Å². The minimum atomic E-state index is -0.142. The molecule has 0 spiro atoms. The van der Waals surface area contributed by atoms with Gasteiger partial charge in [-0.15, -0.1) is 0 Å². The fourth-order valence-electron chi connectivity index (χ4n) is 14.9. The first-order valence-corrected chi connectivity index (χ1v) is 20.9. The molecule has 4 saturated carbocycles. The number of carbonyl (C=O) groups is 2. The van der Waals surface area contributed by atoms with Crippen LogP contribution in [0.2, 0.25) is 0 Å². The summed E-state index contributed by atoms with van der Waals surface area (Å²) in [6, 6.07) is 4.51. The van der Waals surface area contributed by atoms with Crippen molar-refractivity contribution in [3.63, 3.8) is 0 Å². The summed E-state index contributed by atoms with van der Waals surface area (Å²) in [5.74, 6) is 3.81. The molecule has 278 valence electrons. The molecule has 8 aliphatic carbocycles. The summed E-state index contributed by atoms with van der Waals surface area (Å²) in [5, 5.41) is 0. The van der Waals surface area contributed by atoms with Gasteiger partial charge in [-0.25, -0.2) is 0 Å². The van der Waals surface area contributed by atoms with Gasteiger partial charge in [0.2, 0.25) is 0 Å². The minimum absolute atomic E-state index is 0.0434. The Bertz CT molecular complexity index is 1790. The van der Waals surface area contributed by atoms with Crippen molar-refractivity contribution in [3.05, 3.63) is 70.6 Å². The van der Waals surface area contributed by atoms with Crippen LogP contribution < -0.4 is 0 Å². The van der Waals surface area contributed by atoms with Gasteiger partial charge in [0.15, 0.2) is 0 Å². The number of rotatable bonds is 4. The molecular formula is C47H61NO4. The summed E-state index contributed by atoms with van der Waals surface area (Å²) in [4.78, 5) is 28.4. The Morgan fingerprint density at radius 3 is 1.77 bits per heavy atom. The van der Waals surface area contributed by atoms with E-state index in [1.54, 1.807) is 41.7 Å². The van der Waals surface area contributed by atoms with E-state index in [1.807, 2.05) is 6.20 Å². The fourth-order valence-corrected chi connectivity index (χ4v) is 14.9. The Morgan fingerprint density at radius 1 is 0.654 bits per heavy atom. The summed E-state index contributed by atoms with van der Waals surface area (Å²) in [5.41, 5.74) is 10.3. The lowest BCUT2D eigenvalue weighted by Gasteiger charge is -2.58. The van der Waals surface area contributed by atoms with Crippen LogP contribution in [0.25, 0.3) is 5.57 Å². The lowest BCUT2D eigenvalue weighted by atomic mass is 9.47. The van der Waals surface area contributed by atoms with Gasteiger partial charge in [0, 0.05) is 39.1 Å². The van der Waals surface area contributed by atoms with Crippen molar-refractivity contribution < 1.29 is 19.1 Å². The lowest BCUT2D eigenvalue weighted by molar-refractivity contribution is -0.149. The molecule has 12 atom stereocenters. The molecule has 0 aliphatic heterocycles. The number of nitrogens with zero attached hydrogens (tertiary/aromatic N) is 1. The number of aromatic nitrogens is 1. The van der Waals surface area contributed by atoms with E-state index in [4.69, 9.17) is 14.5 Å². The zero-order valence-corrected chi connectivity index (χ0v) is 32.6. The third-order valence-corrected chi connectivity index (χ3v) is 17.3. The maximum Gasteiger partial charge on any atom is 0.302 e. The van der Waals surface area contributed by atoms with Crippen LogP contribution in [0.4, 0.5) is 0 Å².